The topological polar surface area (TPSA) is 18.5 Å². The van der Waals surface area contributed by atoms with E-state index in [4.69, 9.17) is 8.23 Å². The molecule has 0 bridgehead atoms. The van der Waals surface area contributed by atoms with Crippen molar-refractivity contribution in [1.82, 2.24) is 0 Å². The smallest absolute Gasteiger partial charge is 0.310 e. The van der Waals surface area contributed by atoms with Gasteiger partial charge in [-0.3, -0.25) is 0 Å². The van der Waals surface area contributed by atoms with Crippen LogP contribution in [0.15, 0.2) is 0 Å². The molecule has 0 spiro atoms. The first-order valence-corrected chi connectivity index (χ1v) is 13.0. The summed E-state index contributed by atoms with van der Waals surface area (Å²) in [6.07, 6.45) is 0. The van der Waals surface area contributed by atoms with Crippen molar-refractivity contribution in [2.24, 2.45) is 0 Å². The second-order valence-corrected chi connectivity index (χ2v) is 14.2. The first-order valence-electron chi connectivity index (χ1n) is 5.10. The second kappa shape index (κ2) is 5.45. The summed E-state index contributed by atoms with van der Waals surface area (Å²) in [6, 6.07) is 0. The molecule has 0 aliphatic carbocycles. The molecule has 2 nitrogen and oxygen atoms in total. The van der Waals surface area contributed by atoms with Crippen LogP contribution in [0, 0.1) is 0 Å². The van der Waals surface area contributed by atoms with Gasteiger partial charge in [-0.2, -0.15) is 0 Å². The summed E-state index contributed by atoms with van der Waals surface area (Å²) in [4.78, 5) is 0. The van der Waals surface area contributed by atoms with Crippen LogP contribution in [0.1, 0.15) is 13.8 Å². The standard InChI is InChI=1S/C8H24O2Si3/c1-8(2)12(5)10-13(6,7)9-11(3)4/h8,11-12H,1-7H3. The number of hydrogen-bond acceptors (Lipinski definition) is 2. The van der Waals surface area contributed by atoms with E-state index in [1.807, 2.05) is 0 Å². The van der Waals surface area contributed by atoms with Gasteiger partial charge in [0.25, 0.3) is 0 Å². The maximum absolute atomic E-state index is 6.10. The van der Waals surface area contributed by atoms with Gasteiger partial charge in [-0.25, -0.2) is 0 Å². The van der Waals surface area contributed by atoms with Crippen molar-refractivity contribution in [3.63, 3.8) is 0 Å². The van der Waals surface area contributed by atoms with Crippen molar-refractivity contribution in [3.05, 3.63) is 0 Å². The van der Waals surface area contributed by atoms with Gasteiger partial charge in [0.05, 0.1) is 0 Å². The zero-order valence-corrected chi connectivity index (χ0v) is 13.4. The molecule has 0 aliphatic rings. The minimum atomic E-state index is -1.77. The molecular formula is C8H24O2Si3. The summed E-state index contributed by atoms with van der Waals surface area (Å²) in [5.74, 6) is 0. The SMILES string of the molecule is CC(C)[SiH](C)O[Si](C)(C)O[SiH](C)C. The molecule has 0 saturated carbocycles. The molecule has 0 amide bonds. The molecule has 0 aliphatic heterocycles. The lowest BCUT2D eigenvalue weighted by molar-refractivity contribution is 0.408. The molecule has 5 heteroatoms. The molecule has 0 heterocycles. The van der Waals surface area contributed by atoms with E-state index in [-0.39, 0.29) is 0 Å². The predicted octanol–water partition coefficient (Wildman–Crippen LogP) is 2.47. The van der Waals surface area contributed by atoms with Gasteiger partial charge in [0.15, 0.2) is 18.1 Å². The molecular weight excluding hydrogens is 212 g/mol. The van der Waals surface area contributed by atoms with Crippen LogP contribution in [0.2, 0.25) is 38.3 Å². The van der Waals surface area contributed by atoms with Crippen LogP contribution >= 0.6 is 0 Å². The van der Waals surface area contributed by atoms with Gasteiger partial charge < -0.3 is 8.23 Å². The van der Waals surface area contributed by atoms with E-state index >= 15 is 0 Å². The molecule has 0 N–H and O–H groups in total. The molecule has 1 unspecified atom stereocenters. The third kappa shape index (κ3) is 6.62. The average molecular weight is 237 g/mol. The third-order valence-corrected chi connectivity index (χ3v) is 11.7. The molecule has 80 valence electrons. The maximum atomic E-state index is 6.10. The molecule has 0 radical (unpaired) electrons. The van der Waals surface area contributed by atoms with E-state index in [9.17, 15) is 0 Å². The highest BCUT2D eigenvalue weighted by Crippen LogP contribution is 2.16. The van der Waals surface area contributed by atoms with Gasteiger partial charge in [0.2, 0.25) is 0 Å². The molecule has 0 fully saturated rings. The largest absolute Gasteiger partial charge is 0.440 e. The zero-order valence-electron chi connectivity index (χ0n) is 10.0. The van der Waals surface area contributed by atoms with Crippen LogP contribution in [-0.4, -0.2) is 26.6 Å². The Balaban J connectivity index is 4.00. The van der Waals surface area contributed by atoms with E-state index in [0.29, 0.717) is 5.54 Å². The van der Waals surface area contributed by atoms with Gasteiger partial charge in [-0.15, -0.1) is 0 Å². The predicted molar refractivity (Wildman–Crippen MR) is 66.6 cm³/mol. The molecule has 1 atom stereocenters. The van der Waals surface area contributed by atoms with Crippen molar-refractivity contribution >= 4 is 26.6 Å². The van der Waals surface area contributed by atoms with Crippen LogP contribution in [0.4, 0.5) is 0 Å². The Morgan fingerprint density at radius 2 is 1.46 bits per heavy atom. The van der Waals surface area contributed by atoms with Crippen molar-refractivity contribution in [2.75, 3.05) is 0 Å². The first kappa shape index (κ1) is 13.6. The Kier molecular flexibility index (Phi) is 5.69. The Hall–Kier alpha value is 0.571. The summed E-state index contributed by atoms with van der Waals surface area (Å²) in [5.41, 5.74) is 0.712. The Bertz CT molecular complexity index is 148. The lowest BCUT2D eigenvalue weighted by Crippen LogP contribution is -2.43. The highest BCUT2D eigenvalue weighted by molar-refractivity contribution is 6.78. The van der Waals surface area contributed by atoms with Crippen LogP contribution in [0.5, 0.6) is 0 Å². The van der Waals surface area contributed by atoms with Crippen molar-refractivity contribution in [2.45, 2.75) is 52.1 Å². The van der Waals surface area contributed by atoms with E-state index in [1.54, 1.807) is 0 Å². The van der Waals surface area contributed by atoms with Crippen LogP contribution in [0.3, 0.4) is 0 Å². The molecule has 0 saturated heterocycles. The van der Waals surface area contributed by atoms with Crippen molar-refractivity contribution < 1.29 is 8.23 Å². The Morgan fingerprint density at radius 3 is 1.77 bits per heavy atom. The van der Waals surface area contributed by atoms with E-state index in [0.717, 1.165) is 0 Å². The van der Waals surface area contributed by atoms with E-state index in [2.05, 4.69) is 46.6 Å². The highest BCUT2D eigenvalue weighted by atomic mass is 28.5. The fourth-order valence-electron chi connectivity index (χ4n) is 1.18. The number of hydrogen-bond donors (Lipinski definition) is 0. The second-order valence-electron chi connectivity index (χ2n) is 4.63. The molecule has 0 aromatic carbocycles. The highest BCUT2D eigenvalue weighted by Gasteiger charge is 2.29. The van der Waals surface area contributed by atoms with E-state index in [1.165, 1.54) is 0 Å². The quantitative estimate of drug-likeness (QED) is 0.683. The van der Waals surface area contributed by atoms with Crippen molar-refractivity contribution in [3.8, 4) is 0 Å². The van der Waals surface area contributed by atoms with E-state index < -0.39 is 26.6 Å². The summed E-state index contributed by atoms with van der Waals surface area (Å²) in [7, 11) is -3.70. The molecule has 0 aromatic heterocycles. The van der Waals surface area contributed by atoms with Crippen molar-refractivity contribution in [1.29, 1.82) is 0 Å². The lowest BCUT2D eigenvalue weighted by atomic mass is 10.6. The van der Waals surface area contributed by atoms with Crippen LogP contribution < -0.4 is 0 Å². The van der Waals surface area contributed by atoms with Gasteiger partial charge in [-0.1, -0.05) is 13.8 Å². The zero-order chi connectivity index (χ0) is 10.6. The maximum Gasteiger partial charge on any atom is 0.310 e. The van der Waals surface area contributed by atoms with Gasteiger partial charge >= 0.3 is 8.56 Å². The van der Waals surface area contributed by atoms with Crippen LogP contribution in [-0.2, 0) is 8.23 Å². The fraction of sp³-hybridized carbons (Fsp3) is 1.00. The summed E-state index contributed by atoms with van der Waals surface area (Å²) < 4.78 is 12.0. The minimum absolute atomic E-state index is 0.712. The fourth-order valence-corrected chi connectivity index (χ4v) is 11.1. The summed E-state index contributed by atoms with van der Waals surface area (Å²) in [6.45, 7) is 15.5. The lowest BCUT2D eigenvalue weighted by Gasteiger charge is -2.30. The normalized spacial score (nSPS) is 15.5. The average Bonchev–Trinajstić information content (AvgIpc) is 1.81. The van der Waals surface area contributed by atoms with Gasteiger partial charge in [0, 0.05) is 0 Å². The monoisotopic (exact) mass is 236 g/mol. The number of rotatable bonds is 5. The molecule has 0 rings (SSSR count). The Morgan fingerprint density at radius 1 is 1.00 bits per heavy atom. The molecule has 0 aromatic rings. The van der Waals surface area contributed by atoms with Crippen LogP contribution in [0.25, 0.3) is 0 Å². The minimum Gasteiger partial charge on any atom is -0.440 e. The summed E-state index contributed by atoms with van der Waals surface area (Å²) in [5, 5.41) is 0. The van der Waals surface area contributed by atoms with Gasteiger partial charge in [-0.05, 0) is 38.3 Å². The van der Waals surface area contributed by atoms with Gasteiger partial charge in [0.1, 0.15) is 0 Å². The Labute approximate surface area is 87.4 Å². The first-order chi connectivity index (χ1) is 5.74. The summed E-state index contributed by atoms with van der Waals surface area (Å²) >= 11 is 0. The molecule has 13 heavy (non-hydrogen) atoms. The third-order valence-electron chi connectivity index (χ3n) is 1.93.